The van der Waals surface area contributed by atoms with Crippen LogP contribution in [0.15, 0.2) is 47.8 Å². The van der Waals surface area contributed by atoms with Gasteiger partial charge in [-0.15, -0.1) is 11.3 Å². The van der Waals surface area contributed by atoms with Crippen molar-refractivity contribution in [2.75, 3.05) is 7.11 Å². The number of ether oxygens (including phenoxy) is 2. The second-order valence-electron chi connectivity index (χ2n) is 6.21. The molecule has 3 rings (SSSR count). The Balaban J connectivity index is 1.90. The monoisotopic (exact) mass is 395 g/mol. The number of methoxy groups -OCH3 is 1. The second kappa shape index (κ2) is 8.80. The molecule has 0 aliphatic carbocycles. The van der Waals surface area contributed by atoms with E-state index in [1.807, 2.05) is 30.5 Å². The van der Waals surface area contributed by atoms with Crippen molar-refractivity contribution in [2.45, 2.75) is 26.9 Å². The van der Waals surface area contributed by atoms with Crippen molar-refractivity contribution in [3.8, 4) is 16.5 Å². The highest BCUT2D eigenvalue weighted by Gasteiger charge is 2.18. The van der Waals surface area contributed by atoms with Crippen LogP contribution in [-0.4, -0.2) is 23.8 Å². The van der Waals surface area contributed by atoms with Gasteiger partial charge in [0.1, 0.15) is 6.61 Å². The van der Waals surface area contributed by atoms with Gasteiger partial charge in [-0.3, -0.25) is 4.79 Å². The second-order valence-corrected chi connectivity index (χ2v) is 7.16. The maximum atomic E-state index is 12.2. The highest BCUT2D eigenvalue weighted by Crippen LogP contribution is 2.30. The first kappa shape index (κ1) is 19.8. The first-order valence-corrected chi connectivity index (χ1v) is 9.80. The summed E-state index contributed by atoms with van der Waals surface area (Å²) in [5.41, 5.74) is 3.58. The Hall–Kier alpha value is -2.99. The molecule has 6 heteroatoms. The average molecular weight is 395 g/mol. The molecule has 0 aliphatic rings. The summed E-state index contributed by atoms with van der Waals surface area (Å²) in [6.45, 7) is 3.78. The number of Topliss-reactive ketones (excluding diaryl/α,β-unsaturated/α-hetero) is 1. The van der Waals surface area contributed by atoms with E-state index in [9.17, 15) is 9.59 Å². The lowest BCUT2D eigenvalue weighted by molar-refractivity contribution is 0.0600. The van der Waals surface area contributed by atoms with Crippen molar-refractivity contribution < 1.29 is 19.1 Å². The van der Waals surface area contributed by atoms with Crippen molar-refractivity contribution >= 4 is 23.1 Å². The molecule has 1 aromatic carbocycles. The third-order valence-electron chi connectivity index (χ3n) is 4.33. The highest BCUT2D eigenvalue weighted by atomic mass is 32.1. The van der Waals surface area contributed by atoms with Crippen LogP contribution in [0.3, 0.4) is 0 Å². The number of hydrogen-bond acceptors (Lipinski definition) is 6. The molecule has 0 N–H and O–H groups in total. The Morgan fingerprint density at radius 2 is 1.89 bits per heavy atom. The van der Waals surface area contributed by atoms with Crippen molar-refractivity contribution in [3.63, 3.8) is 0 Å². The molecule has 0 unspecified atom stereocenters. The summed E-state index contributed by atoms with van der Waals surface area (Å²) in [4.78, 5) is 29.4. The van der Waals surface area contributed by atoms with Crippen LogP contribution in [0.4, 0.5) is 0 Å². The molecule has 28 heavy (non-hydrogen) atoms. The summed E-state index contributed by atoms with van der Waals surface area (Å²) in [5, 5.41) is 1.99. The SMILES string of the molecule is CCc1cc(-c2cccs2)nc(OCc2ccc(C(=O)OC)cc2)c1C(C)=O. The van der Waals surface area contributed by atoms with Crippen molar-refractivity contribution in [1.82, 2.24) is 4.98 Å². The van der Waals surface area contributed by atoms with E-state index < -0.39 is 0 Å². The lowest BCUT2D eigenvalue weighted by Crippen LogP contribution is -2.08. The number of esters is 1. The number of thiophene rings is 1. The molecule has 144 valence electrons. The summed E-state index contributed by atoms with van der Waals surface area (Å²) < 4.78 is 10.7. The number of carbonyl (C=O) groups excluding carboxylic acids is 2. The molecule has 0 spiro atoms. The van der Waals surface area contributed by atoms with Gasteiger partial charge in [-0.05, 0) is 54.1 Å². The van der Waals surface area contributed by atoms with Crippen molar-refractivity contribution in [3.05, 3.63) is 70.1 Å². The third-order valence-corrected chi connectivity index (χ3v) is 5.22. The van der Waals surface area contributed by atoms with Gasteiger partial charge < -0.3 is 9.47 Å². The molecule has 3 aromatic rings. The van der Waals surface area contributed by atoms with Crippen LogP contribution in [0.25, 0.3) is 10.6 Å². The van der Waals surface area contributed by atoms with Gasteiger partial charge in [0, 0.05) is 0 Å². The Labute approximate surface area is 168 Å². The summed E-state index contributed by atoms with van der Waals surface area (Å²) in [5.74, 6) is -0.116. The van der Waals surface area contributed by atoms with E-state index in [1.165, 1.54) is 14.0 Å². The van der Waals surface area contributed by atoms with Crippen LogP contribution < -0.4 is 4.74 Å². The topological polar surface area (TPSA) is 65.5 Å². The lowest BCUT2D eigenvalue weighted by Gasteiger charge is -2.14. The van der Waals surface area contributed by atoms with E-state index in [-0.39, 0.29) is 18.4 Å². The van der Waals surface area contributed by atoms with Crippen LogP contribution in [0.5, 0.6) is 5.88 Å². The van der Waals surface area contributed by atoms with E-state index in [0.717, 1.165) is 21.7 Å². The highest BCUT2D eigenvalue weighted by molar-refractivity contribution is 7.13. The standard InChI is InChI=1S/C22H21NO4S/c1-4-16-12-18(19-6-5-11-28-19)23-21(20(16)14(2)24)27-13-15-7-9-17(10-8-15)22(25)26-3/h5-12H,4,13H2,1-3H3. The Kier molecular flexibility index (Phi) is 6.21. The molecule has 0 fully saturated rings. The number of pyridine rings is 1. The molecule has 0 saturated heterocycles. The van der Waals surface area contributed by atoms with Gasteiger partial charge in [0.2, 0.25) is 5.88 Å². The Morgan fingerprint density at radius 3 is 2.46 bits per heavy atom. The third kappa shape index (κ3) is 4.28. The number of benzene rings is 1. The van der Waals surface area contributed by atoms with Gasteiger partial charge in [0.15, 0.2) is 5.78 Å². The lowest BCUT2D eigenvalue weighted by atomic mass is 10.0. The van der Waals surface area contributed by atoms with E-state index in [0.29, 0.717) is 23.4 Å². The smallest absolute Gasteiger partial charge is 0.337 e. The zero-order valence-electron chi connectivity index (χ0n) is 16.0. The first-order chi connectivity index (χ1) is 13.5. The van der Waals surface area contributed by atoms with E-state index in [2.05, 4.69) is 4.98 Å². The molecule has 0 bridgehead atoms. The summed E-state index contributed by atoms with van der Waals surface area (Å²) in [7, 11) is 1.35. The minimum Gasteiger partial charge on any atom is -0.472 e. The number of hydrogen-bond donors (Lipinski definition) is 0. The summed E-state index contributed by atoms with van der Waals surface area (Å²) in [6, 6.07) is 12.9. The minimum absolute atomic E-state index is 0.0712. The molecule has 0 atom stereocenters. The zero-order chi connectivity index (χ0) is 20.1. The molecular formula is C22H21NO4S. The molecule has 0 aliphatic heterocycles. The van der Waals surface area contributed by atoms with Gasteiger partial charge in [0.05, 0.1) is 28.8 Å². The molecule has 0 amide bonds. The van der Waals surface area contributed by atoms with Crippen LogP contribution >= 0.6 is 11.3 Å². The molecule has 2 heterocycles. The van der Waals surface area contributed by atoms with Gasteiger partial charge in [-0.25, -0.2) is 9.78 Å². The molecule has 2 aromatic heterocycles. The van der Waals surface area contributed by atoms with Gasteiger partial charge >= 0.3 is 5.97 Å². The van der Waals surface area contributed by atoms with Crippen LogP contribution in [-0.2, 0) is 17.8 Å². The number of rotatable bonds is 7. The zero-order valence-corrected chi connectivity index (χ0v) is 16.8. The summed E-state index contributed by atoms with van der Waals surface area (Å²) in [6.07, 6.45) is 0.708. The Bertz CT molecular complexity index is 979. The first-order valence-electron chi connectivity index (χ1n) is 8.92. The van der Waals surface area contributed by atoms with Gasteiger partial charge in [0.25, 0.3) is 0 Å². The number of ketones is 1. The number of nitrogens with zero attached hydrogens (tertiary/aromatic N) is 1. The van der Waals surface area contributed by atoms with E-state index in [1.54, 1.807) is 35.6 Å². The number of aromatic nitrogens is 1. The van der Waals surface area contributed by atoms with Crippen LogP contribution in [0.2, 0.25) is 0 Å². The average Bonchev–Trinajstić information content (AvgIpc) is 3.26. The van der Waals surface area contributed by atoms with E-state index >= 15 is 0 Å². The number of carbonyl (C=O) groups is 2. The van der Waals surface area contributed by atoms with Crippen LogP contribution in [0.1, 0.15) is 45.7 Å². The molecular weight excluding hydrogens is 374 g/mol. The number of aryl methyl sites for hydroxylation is 1. The molecule has 0 saturated carbocycles. The maximum absolute atomic E-state index is 12.2. The maximum Gasteiger partial charge on any atom is 0.337 e. The fourth-order valence-electron chi connectivity index (χ4n) is 2.89. The molecule has 0 radical (unpaired) electrons. The van der Waals surface area contributed by atoms with E-state index in [4.69, 9.17) is 9.47 Å². The minimum atomic E-state index is -0.385. The fourth-order valence-corrected chi connectivity index (χ4v) is 3.58. The fraction of sp³-hybridized carbons (Fsp3) is 0.227. The molecule has 5 nitrogen and oxygen atoms in total. The normalized spacial score (nSPS) is 10.5. The van der Waals surface area contributed by atoms with Gasteiger partial charge in [-0.2, -0.15) is 0 Å². The predicted molar refractivity (Wildman–Crippen MR) is 109 cm³/mol. The summed E-state index contributed by atoms with van der Waals surface area (Å²) >= 11 is 1.59. The Morgan fingerprint density at radius 1 is 1.14 bits per heavy atom. The van der Waals surface area contributed by atoms with Crippen molar-refractivity contribution in [2.24, 2.45) is 0 Å². The predicted octanol–water partition coefficient (Wildman–Crippen LogP) is 4.94. The van der Waals surface area contributed by atoms with Crippen LogP contribution in [0, 0.1) is 0 Å². The largest absolute Gasteiger partial charge is 0.472 e. The van der Waals surface area contributed by atoms with Gasteiger partial charge in [-0.1, -0.05) is 25.1 Å². The quantitative estimate of drug-likeness (QED) is 0.419. The van der Waals surface area contributed by atoms with Crippen molar-refractivity contribution in [1.29, 1.82) is 0 Å².